The monoisotopic (exact) mass is 274 g/mol. The van der Waals surface area contributed by atoms with Crippen molar-refractivity contribution in [2.45, 2.75) is 38.5 Å². The van der Waals surface area contributed by atoms with Crippen molar-refractivity contribution >= 4 is 0 Å². The first-order chi connectivity index (χ1) is 8.74. The number of alkyl halides is 3. The fourth-order valence-corrected chi connectivity index (χ4v) is 1.96. The number of nitrogens with zero attached hydrogens (tertiary/aromatic N) is 1. The van der Waals surface area contributed by atoms with Gasteiger partial charge in [0, 0.05) is 12.1 Å². The topological polar surface area (TPSA) is 29.3 Å². The molecule has 0 spiro atoms. The van der Waals surface area contributed by atoms with Crippen LogP contribution in [-0.2, 0) is 6.42 Å². The standard InChI is InChI=1S/C14H21F3N2/c1-4-11-5-7-12(8-6-11)13(18)10(2)19(3)9-14(15,16)17/h5-8,10,13H,4,9,18H2,1-3H3. The molecule has 2 N–H and O–H groups in total. The van der Waals surface area contributed by atoms with Gasteiger partial charge in [-0.15, -0.1) is 0 Å². The molecule has 19 heavy (non-hydrogen) atoms. The maximum atomic E-state index is 12.3. The van der Waals surface area contributed by atoms with E-state index >= 15 is 0 Å². The smallest absolute Gasteiger partial charge is 0.323 e. The maximum Gasteiger partial charge on any atom is 0.401 e. The fraction of sp³-hybridized carbons (Fsp3) is 0.571. The number of hydrogen-bond acceptors (Lipinski definition) is 2. The van der Waals surface area contributed by atoms with E-state index in [0.717, 1.165) is 12.0 Å². The highest BCUT2D eigenvalue weighted by molar-refractivity contribution is 5.25. The van der Waals surface area contributed by atoms with E-state index in [4.69, 9.17) is 5.73 Å². The van der Waals surface area contributed by atoms with Gasteiger partial charge in [0.25, 0.3) is 0 Å². The van der Waals surface area contributed by atoms with E-state index < -0.39 is 18.8 Å². The molecule has 2 unspecified atom stereocenters. The van der Waals surface area contributed by atoms with Gasteiger partial charge in [0.15, 0.2) is 0 Å². The summed E-state index contributed by atoms with van der Waals surface area (Å²) >= 11 is 0. The molecule has 0 saturated carbocycles. The fourth-order valence-electron chi connectivity index (χ4n) is 1.96. The molecule has 0 heterocycles. The molecule has 0 radical (unpaired) electrons. The van der Waals surface area contributed by atoms with E-state index in [2.05, 4.69) is 6.92 Å². The molecule has 0 aromatic heterocycles. The van der Waals surface area contributed by atoms with Gasteiger partial charge in [0.1, 0.15) is 0 Å². The molecule has 108 valence electrons. The number of nitrogens with two attached hydrogens (primary N) is 1. The number of benzene rings is 1. The first-order valence-corrected chi connectivity index (χ1v) is 6.36. The van der Waals surface area contributed by atoms with Crippen LogP contribution >= 0.6 is 0 Å². The maximum absolute atomic E-state index is 12.3. The lowest BCUT2D eigenvalue weighted by molar-refractivity contribution is -0.147. The molecule has 1 aromatic carbocycles. The normalized spacial score (nSPS) is 15.6. The molecule has 0 aliphatic carbocycles. The van der Waals surface area contributed by atoms with E-state index in [1.807, 2.05) is 24.3 Å². The van der Waals surface area contributed by atoms with Gasteiger partial charge in [-0.25, -0.2) is 0 Å². The number of rotatable bonds is 5. The van der Waals surface area contributed by atoms with Gasteiger partial charge in [-0.2, -0.15) is 13.2 Å². The van der Waals surface area contributed by atoms with E-state index in [-0.39, 0.29) is 6.04 Å². The van der Waals surface area contributed by atoms with Crippen LogP contribution in [0.1, 0.15) is 31.0 Å². The quantitative estimate of drug-likeness (QED) is 0.893. The Kier molecular flexibility index (Phi) is 5.38. The molecule has 1 rings (SSSR count). The Balaban J connectivity index is 2.72. The molecule has 0 bridgehead atoms. The predicted molar refractivity (Wildman–Crippen MR) is 70.9 cm³/mol. The molecule has 0 saturated heterocycles. The minimum absolute atomic E-state index is 0.380. The van der Waals surface area contributed by atoms with Crippen molar-refractivity contribution in [3.05, 3.63) is 35.4 Å². The molecular formula is C14H21F3N2. The van der Waals surface area contributed by atoms with E-state index in [1.165, 1.54) is 17.5 Å². The minimum atomic E-state index is -4.20. The summed E-state index contributed by atoms with van der Waals surface area (Å²) in [6.07, 6.45) is -3.27. The highest BCUT2D eigenvalue weighted by Gasteiger charge is 2.32. The SMILES string of the molecule is CCc1ccc(C(N)C(C)N(C)CC(F)(F)F)cc1. The Hall–Kier alpha value is -1.07. The van der Waals surface area contributed by atoms with Crippen LogP contribution in [0.5, 0.6) is 0 Å². The summed E-state index contributed by atoms with van der Waals surface area (Å²) in [7, 11) is 1.44. The largest absolute Gasteiger partial charge is 0.401 e. The summed E-state index contributed by atoms with van der Waals surface area (Å²) in [6.45, 7) is 2.81. The second-order valence-electron chi connectivity index (χ2n) is 4.89. The van der Waals surface area contributed by atoms with Gasteiger partial charge in [-0.3, -0.25) is 4.90 Å². The zero-order chi connectivity index (χ0) is 14.6. The first-order valence-electron chi connectivity index (χ1n) is 6.36. The van der Waals surface area contributed by atoms with Crippen LogP contribution < -0.4 is 5.73 Å². The van der Waals surface area contributed by atoms with Gasteiger partial charge in [0.2, 0.25) is 0 Å². The van der Waals surface area contributed by atoms with E-state index in [1.54, 1.807) is 6.92 Å². The van der Waals surface area contributed by atoms with Crippen molar-refractivity contribution in [3.63, 3.8) is 0 Å². The van der Waals surface area contributed by atoms with Crippen LogP contribution in [0.4, 0.5) is 13.2 Å². The second-order valence-corrected chi connectivity index (χ2v) is 4.89. The predicted octanol–water partition coefficient (Wildman–Crippen LogP) is 3.13. The van der Waals surface area contributed by atoms with E-state index in [0.29, 0.717) is 0 Å². The van der Waals surface area contributed by atoms with Crippen molar-refractivity contribution in [3.8, 4) is 0 Å². The van der Waals surface area contributed by atoms with Crippen molar-refractivity contribution in [1.29, 1.82) is 0 Å². The van der Waals surface area contributed by atoms with Crippen LogP contribution in [0, 0.1) is 0 Å². The van der Waals surface area contributed by atoms with Gasteiger partial charge in [-0.1, -0.05) is 31.2 Å². The van der Waals surface area contributed by atoms with Crippen LogP contribution in [0.15, 0.2) is 24.3 Å². The van der Waals surface area contributed by atoms with Crippen molar-refractivity contribution in [2.75, 3.05) is 13.6 Å². The zero-order valence-corrected chi connectivity index (χ0v) is 11.5. The van der Waals surface area contributed by atoms with Crippen molar-refractivity contribution in [2.24, 2.45) is 5.73 Å². The summed E-state index contributed by atoms with van der Waals surface area (Å²) in [5, 5.41) is 0. The van der Waals surface area contributed by atoms with Crippen LogP contribution in [0.25, 0.3) is 0 Å². The number of halogens is 3. The Morgan fingerprint density at radius 1 is 1.21 bits per heavy atom. The van der Waals surface area contributed by atoms with Gasteiger partial charge >= 0.3 is 6.18 Å². The molecule has 1 aromatic rings. The average molecular weight is 274 g/mol. The highest BCUT2D eigenvalue weighted by Crippen LogP contribution is 2.22. The Morgan fingerprint density at radius 3 is 2.16 bits per heavy atom. The Morgan fingerprint density at radius 2 is 1.74 bits per heavy atom. The molecule has 0 aliphatic rings. The van der Waals surface area contributed by atoms with Crippen molar-refractivity contribution < 1.29 is 13.2 Å². The van der Waals surface area contributed by atoms with E-state index in [9.17, 15) is 13.2 Å². The third kappa shape index (κ3) is 4.84. The average Bonchev–Trinajstić information content (AvgIpc) is 2.35. The van der Waals surface area contributed by atoms with Gasteiger partial charge in [-0.05, 0) is 31.5 Å². The lowest BCUT2D eigenvalue weighted by Gasteiger charge is -2.30. The zero-order valence-electron chi connectivity index (χ0n) is 11.5. The second kappa shape index (κ2) is 6.39. The third-order valence-corrected chi connectivity index (χ3v) is 3.42. The molecular weight excluding hydrogens is 253 g/mol. The number of hydrogen-bond donors (Lipinski definition) is 1. The van der Waals surface area contributed by atoms with Crippen molar-refractivity contribution in [1.82, 2.24) is 4.90 Å². The lowest BCUT2D eigenvalue weighted by atomic mass is 9.98. The van der Waals surface area contributed by atoms with Gasteiger partial charge in [0.05, 0.1) is 6.54 Å². The molecule has 0 aliphatic heterocycles. The molecule has 2 nitrogen and oxygen atoms in total. The summed E-state index contributed by atoms with van der Waals surface area (Å²) in [6, 6.07) is 6.90. The van der Waals surface area contributed by atoms with Crippen LogP contribution in [0.2, 0.25) is 0 Å². The molecule has 5 heteroatoms. The summed E-state index contributed by atoms with van der Waals surface area (Å²) in [5.74, 6) is 0. The Bertz CT molecular complexity index is 387. The summed E-state index contributed by atoms with van der Waals surface area (Å²) in [4.78, 5) is 1.23. The van der Waals surface area contributed by atoms with Crippen LogP contribution in [0.3, 0.4) is 0 Å². The number of aryl methyl sites for hydroxylation is 1. The summed E-state index contributed by atoms with van der Waals surface area (Å²) < 4.78 is 37.0. The molecule has 0 fully saturated rings. The van der Waals surface area contributed by atoms with Gasteiger partial charge < -0.3 is 5.73 Å². The summed E-state index contributed by atoms with van der Waals surface area (Å²) in [5.41, 5.74) is 8.09. The molecule has 2 atom stereocenters. The lowest BCUT2D eigenvalue weighted by Crippen LogP contribution is -2.43. The van der Waals surface area contributed by atoms with Crippen LogP contribution in [-0.4, -0.2) is 30.7 Å². The number of likely N-dealkylation sites (N-methyl/N-ethyl adjacent to an activating group) is 1. The highest BCUT2D eigenvalue weighted by atomic mass is 19.4. The third-order valence-electron chi connectivity index (χ3n) is 3.42. The minimum Gasteiger partial charge on any atom is -0.323 e. The Labute approximate surface area is 112 Å². The first kappa shape index (κ1) is 16.0. The molecule has 0 amide bonds.